The molecule has 1 aliphatic rings. The van der Waals surface area contributed by atoms with Gasteiger partial charge in [-0.25, -0.2) is 4.39 Å². The van der Waals surface area contributed by atoms with Crippen molar-refractivity contribution in [1.29, 1.82) is 0 Å². The third-order valence-electron chi connectivity index (χ3n) is 6.65. The lowest BCUT2D eigenvalue weighted by molar-refractivity contribution is 0.286. The molecule has 0 unspecified atom stereocenters. The van der Waals surface area contributed by atoms with Crippen molar-refractivity contribution >= 4 is 17.7 Å². The quantitative estimate of drug-likeness (QED) is 0.243. The minimum absolute atomic E-state index is 0.173. The van der Waals surface area contributed by atoms with Crippen molar-refractivity contribution in [3.8, 4) is 11.8 Å². The number of anilines is 2. The van der Waals surface area contributed by atoms with Crippen molar-refractivity contribution in [2.45, 2.75) is 52.2 Å². The number of rotatable bonds is 14. The van der Waals surface area contributed by atoms with E-state index >= 15 is 0 Å². The fraction of sp³-hybridized carbons (Fsp3) is 0.400. The topological polar surface area (TPSA) is 71.5 Å². The third kappa shape index (κ3) is 7.44. The molecule has 0 bridgehead atoms. The summed E-state index contributed by atoms with van der Waals surface area (Å²) in [6.45, 7) is 10.3. The Morgan fingerprint density at radius 1 is 1.00 bits per heavy atom. The molecule has 1 saturated heterocycles. The standard InChI is InChI=1S/C30H38FN5O2/c1-4-6-17-38-30-34-28(32-19-22-10-13-25(37-3)14-11-22)26(5-2)29(35-30)33-20-23-9-12-24(27(31)18-23)21-36-15-7-8-16-36/h5,9-14,18H,2,4,6-8,15-17,19-21H2,1,3H3,(H2,32,33,34,35). The van der Waals surface area contributed by atoms with Gasteiger partial charge in [-0.15, -0.1) is 0 Å². The average Bonchev–Trinajstić information content (AvgIpc) is 3.45. The van der Waals surface area contributed by atoms with Crippen LogP contribution in [0.3, 0.4) is 0 Å². The van der Waals surface area contributed by atoms with Crippen LogP contribution >= 0.6 is 0 Å². The summed E-state index contributed by atoms with van der Waals surface area (Å²) in [4.78, 5) is 11.5. The molecule has 1 fully saturated rings. The Balaban J connectivity index is 1.49. The molecule has 0 amide bonds. The van der Waals surface area contributed by atoms with Gasteiger partial charge in [0.1, 0.15) is 23.2 Å². The summed E-state index contributed by atoms with van der Waals surface area (Å²) in [7, 11) is 1.65. The molecule has 202 valence electrons. The maximum atomic E-state index is 14.9. The molecule has 2 N–H and O–H groups in total. The Morgan fingerprint density at radius 3 is 2.26 bits per heavy atom. The first-order valence-corrected chi connectivity index (χ1v) is 13.4. The van der Waals surface area contributed by atoms with Gasteiger partial charge in [0.25, 0.3) is 0 Å². The van der Waals surface area contributed by atoms with Crippen molar-refractivity contribution < 1.29 is 13.9 Å². The van der Waals surface area contributed by atoms with Gasteiger partial charge in [-0.2, -0.15) is 9.97 Å². The molecule has 38 heavy (non-hydrogen) atoms. The molecule has 0 aliphatic carbocycles. The number of hydrogen-bond acceptors (Lipinski definition) is 7. The number of halogens is 1. The van der Waals surface area contributed by atoms with E-state index in [0.717, 1.165) is 53.9 Å². The highest BCUT2D eigenvalue weighted by Crippen LogP contribution is 2.27. The number of benzene rings is 2. The molecular formula is C30H38FN5O2. The molecule has 1 aromatic heterocycles. The lowest BCUT2D eigenvalue weighted by Crippen LogP contribution is -2.19. The van der Waals surface area contributed by atoms with Gasteiger partial charge in [0.15, 0.2) is 0 Å². The predicted molar refractivity (Wildman–Crippen MR) is 151 cm³/mol. The van der Waals surface area contributed by atoms with Crippen LogP contribution in [0.25, 0.3) is 6.08 Å². The second-order valence-corrected chi connectivity index (χ2v) is 9.49. The maximum Gasteiger partial charge on any atom is 0.320 e. The number of aromatic nitrogens is 2. The molecule has 1 aliphatic heterocycles. The number of hydrogen-bond donors (Lipinski definition) is 2. The lowest BCUT2D eigenvalue weighted by atomic mass is 10.1. The van der Waals surface area contributed by atoms with Gasteiger partial charge >= 0.3 is 6.01 Å². The minimum Gasteiger partial charge on any atom is -0.497 e. The van der Waals surface area contributed by atoms with Crippen molar-refractivity contribution in [2.75, 3.05) is 37.4 Å². The molecular weight excluding hydrogens is 481 g/mol. The van der Waals surface area contributed by atoms with E-state index in [1.165, 1.54) is 12.8 Å². The van der Waals surface area contributed by atoms with Crippen LogP contribution in [0.5, 0.6) is 11.8 Å². The fourth-order valence-corrected chi connectivity index (χ4v) is 4.41. The lowest BCUT2D eigenvalue weighted by Gasteiger charge is -2.17. The van der Waals surface area contributed by atoms with Gasteiger partial charge in [0, 0.05) is 25.2 Å². The smallest absolute Gasteiger partial charge is 0.320 e. The summed E-state index contributed by atoms with van der Waals surface area (Å²) >= 11 is 0. The zero-order valence-electron chi connectivity index (χ0n) is 22.4. The zero-order valence-corrected chi connectivity index (χ0v) is 22.4. The van der Waals surface area contributed by atoms with E-state index in [9.17, 15) is 4.39 Å². The zero-order chi connectivity index (χ0) is 26.7. The Bertz CT molecular complexity index is 1200. The Morgan fingerprint density at radius 2 is 1.66 bits per heavy atom. The van der Waals surface area contributed by atoms with Crippen LogP contribution in [-0.4, -0.2) is 41.7 Å². The SMILES string of the molecule is C=Cc1c(NCc2ccc(OC)cc2)nc(OCCCC)nc1NCc1ccc(CN2CCCC2)c(F)c1. The molecule has 4 rings (SSSR count). The van der Waals surface area contributed by atoms with Crippen LogP contribution < -0.4 is 20.1 Å². The van der Waals surface area contributed by atoms with E-state index < -0.39 is 0 Å². The molecule has 0 saturated carbocycles. The molecule has 7 nitrogen and oxygen atoms in total. The van der Waals surface area contributed by atoms with Crippen molar-refractivity contribution in [3.63, 3.8) is 0 Å². The van der Waals surface area contributed by atoms with E-state index in [1.54, 1.807) is 19.3 Å². The van der Waals surface area contributed by atoms with Gasteiger partial charge in [0.2, 0.25) is 0 Å². The Labute approximate surface area is 225 Å². The van der Waals surface area contributed by atoms with Gasteiger partial charge < -0.3 is 20.1 Å². The second kappa shape index (κ2) is 13.8. The maximum absolute atomic E-state index is 14.9. The number of nitrogens with one attached hydrogen (secondary N) is 2. The number of likely N-dealkylation sites (tertiary alicyclic amines) is 1. The van der Waals surface area contributed by atoms with E-state index in [0.29, 0.717) is 37.9 Å². The van der Waals surface area contributed by atoms with E-state index in [1.807, 2.05) is 36.4 Å². The predicted octanol–water partition coefficient (Wildman–Crippen LogP) is 6.27. The van der Waals surface area contributed by atoms with Gasteiger partial charge in [-0.05, 0) is 61.7 Å². The van der Waals surface area contributed by atoms with Crippen molar-refractivity contribution in [1.82, 2.24) is 14.9 Å². The van der Waals surface area contributed by atoms with Crippen LogP contribution in [0.2, 0.25) is 0 Å². The second-order valence-electron chi connectivity index (χ2n) is 9.49. The first-order valence-electron chi connectivity index (χ1n) is 13.4. The van der Waals surface area contributed by atoms with Crippen LogP contribution in [0.15, 0.2) is 49.0 Å². The molecule has 2 aromatic carbocycles. The van der Waals surface area contributed by atoms with E-state index in [4.69, 9.17) is 9.47 Å². The van der Waals surface area contributed by atoms with Crippen LogP contribution in [0.4, 0.5) is 16.0 Å². The summed E-state index contributed by atoms with van der Waals surface area (Å²) in [5.74, 6) is 1.83. The molecule has 8 heteroatoms. The largest absolute Gasteiger partial charge is 0.497 e. The Kier molecular flexibility index (Phi) is 9.92. The highest BCUT2D eigenvalue weighted by molar-refractivity contribution is 5.73. The van der Waals surface area contributed by atoms with Crippen molar-refractivity contribution in [3.05, 3.63) is 77.1 Å². The third-order valence-corrected chi connectivity index (χ3v) is 6.65. The average molecular weight is 520 g/mol. The van der Waals surface area contributed by atoms with Gasteiger partial charge in [0.05, 0.1) is 19.3 Å². The molecule has 0 atom stereocenters. The summed E-state index contributed by atoms with van der Waals surface area (Å²) in [6, 6.07) is 13.6. The monoisotopic (exact) mass is 519 g/mol. The van der Waals surface area contributed by atoms with Gasteiger partial charge in [-0.3, -0.25) is 4.90 Å². The van der Waals surface area contributed by atoms with Crippen LogP contribution in [-0.2, 0) is 19.6 Å². The summed E-state index contributed by atoms with van der Waals surface area (Å²) < 4.78 is 25.9. The normalized spacial score (nSPS) is 13.3. The first-order chi connectivity index (χ1) is 18.6. The molecule has 3 aromatic rings. The summed E-state index contributed by atoms with van der Waals surface area (Å²) in [6.07, 6.45) is 6.02. The number of methoxy groups -OCH3 is 1. The van der Waals surface area contributed by atoms with Gasteiger partial charge in [-0.1, -0.05) is 50.3 Å². The number of unbranched alkanes of at least 4 members (excludes halogenated alkanes) is 1. The number of ether oxygens (including phenoxy) is 2. The van der Waals surface area contributed by atoms with Crippen LogP contribution in [0, 0.1) is 5.82 Å². The fourth-order valence-electron chi connectivity index (χ4n) is 4.41. The molecule has 0 radical (unpaired) electrons. The Hall–Kier alpha value is -3.65. The van der Waals surface area contributed by atoms with E-state index in [2.05, 4.69) is 39.0 Å². The summed E-state index contributed by atoms with van der Waals surface area (Å²) in [5.41, 5.74) is 3.38. The molecule has 2 heterocycles. The summed E-state index contributed by atoms with van der Waals surface area (Å²) in [5, 5.41) is 6.74. The highest BCUT2D eigenvalue weighted by atomic mass is 19.1. The van der Waals surface area contributed by atoms with E-state index in [-0.39, 0.29) is 11.8 Å². The van der Waals surface area contributed by atoms with Crippen LogP contribution in [0.1, 0.15) is 54.9 Å². The molecule has 0 spiro atoms. The van der Waals surface area contributed by atoms with Crippen molar-refractivity contribution in [2.24, 2.45) is 0 Å². The first kappa shape index (κ1) is 27.4. The highest BCUT2D eigenvalue weighted by Gasteiger charge is 2.16. The minimum atomic E-state index is -0.173. The number of nitrogens with zero attached hydrogens (tertiary/aromatic N) is 3.